The molecule has 0 bridgehead atoms. The molecule has 0 radical (unpaired) electrons. The van der Waals surface area contributed by atoms with Gasteiger partial charge in [-0.1, -0.05) is 24.4 Å². The molecular weight excluding hydrogens is 456 g/mol. The highest BCUT2D eigenvalue weighted by atomic mass is 35.5. The Bertz CT molecular complexity index is 990. The van der Waals surface area contributed by atoms with Crippen LogP contribution in [0.25, 0.3) is 0 Å². The molecule has 34 heavy (non-hydrogen) atoms. The lowest BCUT2D eigenvalue weighted by molar-refractivity contribution is -0.135. The van der Waals surface area contributed by atoms with Gasteiger partial charge in [0.1, 0.15) is 0 Å². The van der Waals surface area contributed by atoms with E-state index in [0.29, 0.717) is 40.9 Å². The number of carbonyl (C=O) groups excluding carboxylic acids is 1. The van der Waals surface area contributed by atoms with E-state index in [1.54, 1.807) is 45.6 Å². The first-order chi connectivity index (χ1) is 16.4. The maximum Gasteiger partial charge on any atom is 0.238 e. The van der Waals surface area contributed by atoms with Gasteiger partial charge in [-0.15, -0.1) is 0 Å². The van der Waals surface area contributed by atoms with E-state index in [-0.39, 0.29) is 24.4 Å². The Morgan fingerprint density at radius 3 is 2.38 bits per heavy atom. The van der Waals surface area contributed by atoms with E-state index in [4.69, 9.17) is 25.8 Å². The molecule has 1 amide bonds. The van der Waals surface area contributed by atoms with Gasteiger partial charge in [0.2, 0.25) is 11.7 Å². The second-order valence-electron chi connectivity index (χ2n) is 9.13. The van der Waals surface area contributed by atoms with E-state index in [1.807, 2.05) is 12.1 Å². The van der Waals surface area contributed by atoms with E-state index in [1.165, 1.54) is 0 Å². The highest BCUT2D eigenvalue weighted by molar-refractivity contribution is 6.30. The third kappa shape index (κ3) is 4.97. The molecular formula is C26H33ClN2O5. The molecule has 0 spiro atoms. The number of amides is 1. The Hall–Kier alpha value is -2.48. The van der Waals surface area contributed by atoms with Crippen LogP contribution in [-0.4, -0.2) is 55.9 Å². The molecule has 0 aromatic heterocycles. The lowest BCUT2D eigenvalue weighted by Crippen LogP contribution is -2.56. The summed E-state index contributed by atoms with van der Waals surface area (Å²) in [6, 6.07) is 10.8. The number of ether oxygens (including phenoxy) is 3. The molecule has 2 fully saturated rings. The summed E-state index contributed by atoms with van der Waals surface area (Å²) in [5, 5.41) is 15.1. The quantitative estimate of drug-likeness (QED) is 0.589. The van der Waals surface area contributed by atoms with Gasteiger partial charge in [0, 0.05) is 29.2 Å². The molecule has 2 aliphatic rings. The molecule has 184 valence electrons. The highest BCUT2D eigenvalue weighted by Gasteiger charge is 2.49. The minimum absolute atomic E-state index is 0.00105. The molecule has 1 heterocycles. The number of nitrogens with one attached hydrogen (secondary N) is 1. The molecule has 7 nitrogen and oxygen atoms in total. The third-order valence-electron chi connectivity index (χ3n) is 7.17. The van der Waals surface area contributed by atoms with Crippen LogP contribution in [0, 0.1) is 5.92 Å². The van der Waals surface area contributed by atoms with Crippen molar-refractivity contribution in [1.29, 1.82) is 0 Å². The lowest BCUT2D eigenvalue weighted by atomic mass is 9.66. The second kappa shape index (κ2) is 10.4. The Morgan fingerprint density at radius 2 is 1.76 bits per heavy atom. The van der Waals surface area contributed by atoms with Gasteiger partial charge >= 0.3 is 0 Å². The summed E-state index contributed by atoms with van der Waals surface area (Å²) in [5.74, 6) is 1.54. The van der Waals surface area contributed by atoms with Gasteiger partial charge in [-0.05, 0) is 61.2 Å². The number of hydrogen-bond donors (Lipinski definition) is 2. The zero-order valence-corrected chi connectivity index (χ0v) is 20.7. The predicted octanol–water partition coefficient (Wildman–Crippen LogP) is 4.67. The molecule has 1 aliphatic heterocycles. The number of carbonyl (C=O) groups is 1. The van der Waals surface area contributed by atoms with Crippen molar-refractivity contribution >= 4 is 23.2 Å². The van der Waals surface area contributed by atoms with Gasteiger partial charge in [0.25, 0.3) is 0 Å². The topological polar surface area (TPSA) is 80.3 Å². The molecule has 2 aromatic carbocycles. The summed E-state index contributed by atoms with van der Waals surface area (Å²) in [6.45, 7) is 0.818. The predicted molar refractivity (Wildman–Crippen MR) is 132 cm³/mol. The van der Waals surface area contributed by atoms with Crippen LogP contribution in [0.4, 0.5) is 5.69 Å². The number of piperidine rings is 1. The van der Waals surface area contributed by atoms with Crippen LogP contribution in [0.2, 0.25) is 5.02 Å². The van der Waals surface area contributed by atoms with Crippen LogP contribution in [0.15, 0.2) is 36.4 Å². The van der Waals surface area contributed by atoms with Crippen LogP contribution >= 0.6 is 11.6 Å². The average molecular weight is 489 g/mol. The van der Waals surface area contributed by atoms with Crippen molar-refractivity contribution in [2.75, 3.05) is 39.7 Å². The van der Waals surface area contributed by atoms with Crippen LogP contribution in [0.3, 0.4) is 0 Å². The van der Waals surface area contributed by atoms with Crippen molar-refractivity contribution in [2.24, 2.45) is 5.92 Å². The fraction of sp³-hybridized carbons (Fsp3) is 0.500. The molecule has 2 N–H and O–H groups in total. The van der Waals surface area contributed by atoms with Crippen LogP contribution in [0.5, 0.6) is 17.2 Å². The van der Waals surface area contributed by atoms with Gasteiger partial charge in [-0.3, -0.25) is 9.69 Å². The van der Waals surface area contributed by atoms with Crippen molar-refractivity contribution in [3.05, 3.63) is 47.0 Å². The summed E-state index contributed by atoms with van der Waals surface area (Å²) < 4.78 is 16.7. The third-order valence-corrected chi connectivity index (χ3v) is 7.43. The smallest absolute Gasteiger partial charge is 0.238 e. The van der Waals surface area contributed by atoms with Crippen molar-refractivity contribution in [2.45, 2.75) is 43.7 Å². The number of hydrogen-bond acceptors (Lipinski definition) is 6. The molecule has 1 aliphatic carbocycles. The van der Waals surface area contributed by atoms with E-state index in [0.717, 1.165) is 31.2 Å². The summed E-state index contributed by atoms with van der Waals surface area (Å²) in [5.41, 5.74) is 0.899. The van der Waals surface area contributed by atoms with Gasteiger partial charge in [0.15, 0.2) is 11.5 Å². The van der Waals surface area contributed by atoms with Crippen molar-refractivity contribution in [3.8, 4) is 17.2 Å². The average Bonchev–Trinajstić information content (AvgIpc) is 2.84. The van der Waals surface area contributed by atoms with Crippen molar-refractivity contribution < 1.29 is 24.1 Å². The molecule has 3 atom stereocenters. The number of likely N-dealkylation sites (tertiary alicyclic amines) is 1. The minimum atomic E-state index is -0.744. The summed E-state index contributed by atoms with van der Waals surface area (Å²) in [6.07, 6.45) is 4.40. The number of aliphatic hydroxyl groups is 1. The number of halogens is 1. The Labute approximate surface area is 205 Å². The van der Waals surface area contributed by atoms with Gasteiger partial charge < -0.3 is 24.6 Å². The standard InChI is InChI=1S/C26H33ClN2O5/c1-32-21-14-17(15-22(33-2)25(21)34-3)24-20-6-4-5-11-26(20,31)12-13-29(24)16-23(30)28-19-9-7-18(27)8-10-19/h7-10,14-15,20,24,31H,4-6,11-13,16H2,1-3H3,(H,28,30)/t20-,24+,26-/m1/s1. The molecule has 1 saturated carbocycles. The summed E-state index contributed by atoms with van der Waals surface area (Å²) in [7, 11) is 4.76. The zero-order valence-electron chi connectivity index (χ0n) is 20.0. The Balaban J connectivity index is 1.67. The molecule has 4 rings (SSSR count). The first kappa shape index (κ1) is 24.6. The minimum Gasteiger partial charge on any atom is -0.493 e. The van der Waals surface area contributed by atoms with E-state index < -0.39 is 5.60 Å². The fourth-order valence-electron chi connectivity index (χ4n) is 5.55. The Morgan fingerprint density at radius 1 is 1.09 bits per heavy atom. The lowest BCUT2D eigenvalue weighted by Gasteiger charge is -2.52. The number of anilines is 1. The van der Waals surface area contributed by atoms with Crippen molar-refractivity contribution in [3.63, 3.8) is 0 Å². The highest BCUT2D eigenvalue weighted by Crippen LogP contribution is 2.51. The largest absolute Gasteiger partial charge is 0.493 e. The molecule has 0 unspecified atom stereocenters. The molecule has 8 heteroatoms. The normalized spacial score (nSPS) is 24.7. The Kier molecular flexibility index (Phi) is 7.55. The second-order valence-corrected chi connectivity index (χ2v) is 9.57. The van der Waals surface area contributed by atoms with Gasteiger partial charge in [0.05, 0.1) is 33.5 Å². The van der Waals surface area contributed by atoms with Gasteiger partial charge in [-0.25, -0.2) is 0 Å². The molecule has 1 saturated heterocycles. The first-order valence-corrected chi connectivity index (χ1v) is 12.1. The SMILES string of the molecule is COc1cc([C@H]2[C@H]3CCCC[C@@]3(O)CCN2CC(=O)Nc2ccc(Cl)cc2)cc(OC)c1OC. The molecule has 2 aromatic rings. The first-order valence-electron chi connectivity index (χ1n) is 11.7. The van der Waals surface area contributed by atoms with E-state index >= 15 is 0 Å². The summed E-state index contributed by atoms with van der Waals surface area (Å²) in [4.78, 5) is 15.2. The van der Waals surface area contributed by atoms with Crippen LogP contribution in [0.1, 0.15) is 43.7 Å². The maximum atomic E-state index is 13.0. The monoisotopic (exact) mass is 488 g/mol. The summed E-state index contributed by atoms with van der Waals surface area (Å²) >= 11 is 5.97. The number of rotatable bonds is 7. The number of fused-ring (bicyclic) bond motifs is 1. The number of methoxy groups -OCH3 is 3. The van der Waals surface area contributed by atoms with E-state index in [2.05, 4.69) is 10.2 Å². The van der Waals surface area contributed by atoms with E-state index in [9.17, 15) is 9.90 Å². The van der Waals surface area contributed by atoms with Crippen molar-refractivity contribution in [1.82, 2.24) is 4.90 Å². The number of nitrogens with zero attached hydrogens (tertiary/aromatic N) is 1. The van der Waals surface area contributed by atoms with Crippen LogP contribution in [-0.2, 0) is 4.79 Å². The van der Waals surface area contributed by atoms with Gasteiger partial charge in [-0.2, -0.15) is 0 Å². The maximum absolute atomic E-state index is 13.0. The number of benzene rings is 2. The fourth-order valence-corrected chi connectivity index (χ4v) is 5.68. The zero-order chi connectivity index (χ0) is 24.3. The van der Waals surface area contributed by atoms with Crippen LogP contribution < -0.4 is 19.5 Å².